The summed E-state index contributed by atoms with van der Waals surface area (Å²) in [4.78, 5) is 0. The highest BCUT2D eigenvalue weighted by atomic mass is 35.5. The Balaban J connectivity index is 2.46. The zero-order valence-electron chi connectivity index (χ0n) is 10.8. The summed E-state index contributed by atoms with van der Waals surface area (Å²) in [6.07, 6.45) is 6.04. The van der Waals surface area contributed by atoms with Crippen molar-refractivity contribution < 1.29 is 4.74 Å². The lowest BCUT2D eigenvalue weighted by molar-refractivity contribution is 0.302. The molecule has 0 fully saturated rings. The first kappa shape index (κ1) is 15.6. The average molecular weight is 290 g/mol. The van der Waals surface area contributed by atoms with Crippen LogP contribution in [0.3, 0.4) is 0 Å². The molecular weight excluding hydrogens is 269 g/mol. The maximum Gasteiger partial charge on any atom is 0.142 e. The summed E-state index contributed by atoms with van der Waals surface area (Å²) < 4.78 is 5.72. The van der Waals surface area contributed by atoms with Crippen molar-refractivity contribution in [1.29, 1.82) is 0 Å². The molecule has 0 spiro atoms. The minimum absolute atomic E-state index is 0.380. The molecule has 1 aromatic carbocycles. The highest BCUT2D eigenvalue weighted by Crippen LogP contribution is 2.32. The van der Waals surface area contributed by atoms with Gasteiger partial charge in [-0.2, -0.15) is 0 Å². The Morgan fingerprint density at radius 1 is 1.11 bits per heavy atom. The lowest BCUT2D eigenvalue weighted by Crippen LogP contribution is -2.04. The van der Waals surface area contributed by atoms with Crippen molar-refractivity contribution in [2.75, 3.05) is 6.61 Å². The van der Waals surface area contributed by atoms with E-state index in [1.807, 2.05) is 0 Å². The van der Waals surface area contributed by atoms with Crippen molar-refractivity contribution in [2.45, 2.75) is 45.6 Å². The highest BCUT2D eigenvalue weighted by Gasteiger charge is 2.09. The Labute approximate surface area is 119 Å². The van der Waals surface area contributed by atoms with Crippen molar-refractivity contribution in [3.05, 3.63) is 27.7 Å². The SMILES string of the molecule is CCCCCCCOc1c(Cl)cc(Cl)cc1CN. The van der Waals surface area contributed by atoms with Gasteiger partial charge in [-0.1, -0.05) is 55.8 Å². The van der Waals surface area contributed by atoms with Crippen LogP contribution in [0.4, 0.5) is 0 Å². The number of hydrogen-bond acceptors (Lipinski definition) is 2. The fraction of sp³-hybridized carbons (Fsp3) is 0.571. The van der Waals surface area contributed by atoms with E-state index in [1.165, 1.54) is 25.7 Å². The number of unbranched alkanes of at least 4 members (excludes halogenated alkanes) is 4. The van der Waals surface area contributed by atoms with E-state index in [0.29, 0.717) is 28.9 Å². The Hall–Kier alpha value is -0.440. The number of nitrogens with two attached hydrogens (primary N) is 1. The van der Waals surface area contributed by atoms with E-state index >= 15 is 0 Å². The van der Waals surface area contributed by atoms with Crippen molar-refractivity contribution >= 4 is 23.2 Å². The third kappa shape index (κ3) is 5.05. The standard InChI is InChI=1S/C14H21Cl2NO/c1-2-3-4-5-6-7-18-14-11(10-17)8-12(15)9-13(14)16/h8-9H,2-7,10,17H2,1H3. The summed E-state index contributed by atoms with van der Waals surface area (Å²) in [5.41, 5.74) is 6.52. The van der Waals surface area contributed by atoms with Gasteiger partial charge in [0.05, 0.1) is 11.6 Å². The van der Waals surface area contributed by atoms with E-state index in [0.717, 1.165) is 12.0 Å². The number of ether oxygens (including phenoxy) is 1. The van der Waals surface area contributed by atoms with Gasteiger partial charge < -0.3 is 10.5 Å². The summed E-state index contributed by atoms with van der Waals surface area (Å²) in [5.74, 6) is 0.680. The zero-order chi connectivity index (χ0) is 13.4. The summed E-state index contributed by atoms with van der Waals surface area (Å²) in [7, 11) is 0. The largest absolute Gasteiger partial charge is 0.492 e. The van der Waals surface area contributed by atoms with Gasteiger partial charge in [0.2, 0.25) is 0 Å². The normalized spacial score (nSPS) is 10.7. The van der Waals surface area contributed by atoms with Gasteiger partial charge in [0.25, 0.3) is 0 Å². The van der Waals surface area contributed by atoms with Crippen LogP contribution in [0.1, 0.15) is 44.6 Å². The number of benzene rings is 1. The number of hydrogen-bond donors (Lipinski definition) is 1. The molecule has 102 valence electrons. The molecule has 4 heteroatoms. The molecule has 1 rings (SSSR count). The Bertz CT molecular complexity index is 369. The molecule has 0 saturated carbocycles. The van der Waals surface area contributed by atoms with Crippen LogP contribution in [0.25, 0.3) is 0 Å². The molecule has 0 bridgehead atoms. The van der Waals surface area contributed by atoms with Gasteiger partial charge in [-0.3, -0.25) is 0 Å². The monoisotopic (exact) mass is 289 g/mol. The quantitative estimate of drug-likeness (QED) is 0.698. The van der Waals surface area contributed by atoms with Crippen LogP contribution < -0.4 is 10.5 Å². The molecule has 2 nitrogen and oxygen atoms in total. The van der Waals surface area contributed by atoms with Crippen molar-refractivity contribution in [2.24, 2.45) is 5.73 Å². The third-order valence-corrected chi connectivity index (χ3v) is 3.30. The maximum absolute atomic E-state index is 6.11. The fourth-order valence-corrected chi connectivity index (χ4v) is 2.40. The highest BCUT2D eigenvalue weighted by molar-refractivity contribution is 6.35. The number of rotatable bonds is 8. The molecular formula is C14H21Cl2NO. The third-order valence-electron chi connectivity index (χ3n) is 2.80. The fourth-order valence-electron chi connectivity index (χ4n) is 1.81. The van der Waals surface area contributed by atoms with Crippen LogP contribution in [0, 0.1) is 0 Å². The van der Waals surface area contributed by atoms with Crippen LogP contribution in [-0.4, -0.2) is 6.61 Å². The van der Waals surface area contributed by atoms with E-state index in [1.54, 1.807) is 12.1 Å². The first-order valence-corrected chi connectivity index (χ1v) is 7.25. The second kappa shape index (κ2) is 8.63. The smallest absolute Gasteiger partial charge is 0.142 e. The predicted octanol–water partition coefficient (Wildman–Crippen LogP) is 4.80. The summed E-state index contributed by atoms with van der Waals surface area (Å²) in [6.45, 7) is 3.26. The lowest BCUT2D eigenvalue weighted by atomic mass is 10.1. The van der Waals surface area contributed by atoms with Crippen molar-refractivity contribution in [3.63, 3.8) is 0 Å². The van der Waals surface area contributed by atoms with E-state index in [2.05, 4.69) is 6.92 Å². The number of halogens is 2. The van der Waals surface area contributed by atoms with Crippen LogP contribution in [0.15, 0.2) is 12.1 Å². The molecule has 0 saturated heterocycles. The van der Waals surface area contributed by atoms with Crippen LogP contribution in [-0.2, 0) is 6.54 Å². The van der Waals surface area contributed by atoms with Gasteiger partial charge in [-0.25, -0.2) is 0 Å². The molecule has 0 amide bonds. The topological polar surface area (TPSA) is 35.2 Å². The first-order valence-electron chi connectivity index (χ1n) is 6.49. The van der Waals surface area contributed by atoms with E-state index < -0.39 is 0 Å². The zero-order valence-corrected chi connectivity index (χ0v) is 12.4. The molecule has 0 atom stereocenters. The summed E-state index contributed by atoms with van der Waals surface area (Å²) in [5, 5.41) is 1.13. The Kier molecular flexibility index (Phi) is 7.48. The minimum Gasteiger partial charge on any atom is -0.492 e. The van der Waals surface area contributed by atoms with Gasteiger partial charge in [-0.15, -0.1) is 0 Å². The molecule has 0 aliphatic carbocycles. The second-order valence-corrected chi connectivity index (χ2v) is 5.19. The minimum atomic E-state index is 0.380. The lowest BCUT2D eigenvalue weighted by Gasteiger charge is -2.12. The van der Waals surface area contributed by atoms with Crippen LogP contribution >= 0.6 is 23.2 Å². The molecule has 0 radical (unpaired) electrons. The first-order chi connectivity index (χ1) is 8.69. The predicted molar refractivity (Wildman–Crippen MR) is 78.6 cm³/mol. The molecule has 2 N–H and O–H groups in total. The van der Waals surface area contributed by atoms with Crippen LogP contribution in [0.5, 0.6) is 5.75 Å². The van der Waals surface area contributed by atoms with Gasteiger partial charge in [-0.05, 0) is 18.6 Å². The molecule has 0 aromatic heterocycles. The van der Waals surface area contributed by atoms with Gasteiger partial charge in [0.1, 0.15) is 5.75 Å². The van der Waals surface area contributed by atoms with Gasteiger partial charge >= 0.3 is 0 Å². The molecule has 0 unspecified atom stereocenters. The molecule has 18 heavy (non-hydrogen) atoms. The van der Waals surface area contributed by atoms with E-state index in [-0.39, 0.29) is 0 Å². The Morgan fingerprint density at radius 3 is 2.50 bits per heavy atom. The van der Waals surface area contributed by atoms with Gasteiger partial charge in [0.15, 0.2) is 0 Å². The molecule has 0 aliphatic heterocycles. The van der Waals surface area contributed by atoms with Crippen molar-refractivity contribution in [1.82, 2.24) is 0 Å². The Morgan fingerprint density at radius 2 is 1.83 bits per heavy atom. The molecule has 0 heterocycles. The van der Waals surface area contributed by atoms with Gasteiger partial charge in [0, 0.05) is 17.1 Å². The second-order valence-electron chi connectivity index (χ2n) is 4.34. The maximum atomic E-state index is 6.11. The van der Waals surface area contributed by atoms with Crippen LogP contribution in [0.2, 0.25) is 10.0 Å². The van der Waals surface area contributed by atoms with E-state index in [4.69, 9.17) is 33.7 Å². The molecule has 0 aliphatic rings. The average Bonchev–Trinajstić information content (AvgIpc) is 2.35. The molecule has 1 aromatic rings. The summed E-state index contributed by atoms with van der Waals surface area (Å²) >= 11 is 12.0. The van der Waals surface area contributed by atoms with E-state index in [9.17, 15) is 0 Å². The summed E-state index contributed by atoms with van der Waals surface area (Å²) in [6, 6.07) is 3.49. The van der Waals surface area contributed by atoms with Crippen molar-refractivity contribution in [3.8, 4) is 5.75 Å².